The van der Waals surface area contributed by atoms with Gasteiger partial charge < -0.3 is 16.2 Å². The number of rotatable bonds is 8. The zero-order chi connectivity index (χ0) is 20.0. The first kappa shape index (κ1) is 20.1. The van der Waals surface area contributed by atoms with Crippen LogP contribution in [0, 0.1) is 0 Å². The van der Waals surface area contributed by atoms with Crippen molar-refractivity contribution in [2.45, 2.75) is 11.4 Å². The Morgan fingerprint density at radius 2 is 1.67 bits per heavy atom. The molecule has 9 nitrogen and oxygen atoms in total. The van der Waals surface area contributed by atoms with Crippen molar-refractivity contribution in [3.63, 3.8) is 0 Å². The average molecular weight is 391 g/mol. The van der Waals surface area contributed by atoms with Crippen molar-refractivity contribution in [1.29, 1.82) is 0 Å². The third-order valence-electron chi connectivity index (χ3n) is 3.54. The van der Waals surface area contributed by atoms with Crippen LogP contribution in [0.4, 0.5) is 0 Å². The van der Waals surface area contributed by atoms with Gasteiger partial charge in [-0.05, 0) is 42.0 Å². The summed E-state index contributed by atoms with van der Waals surface area (Å²) in [6.07, 6.45) is 0. The topological polar surface area (TPSA) is 156 Å². The van der Waals surface area contributed by atoms with Crippen LogP contribution in [0.1, 0.15) is 26.3 Å². The van der Waals surface area contributed by atoms with Crippen LogP contribution in [0.3, 0.4) is 0 Å². The minimum Gasteiger partial charge on any atom is -0.478 e. The Balaban J connectivity index is 1.91. The van der Waals surface area contributed by atoms with E-state index in [2.05, 4.69) is 10.0 Å². The van der Waals surface area contributed by atoms with Crippen molar-refractivity contribution in [2.24, 2.45) is 5.73 Å². The van der Waals surface area contributed by atoms with E-state index in [4.69, 9.17) is 10.8 Å². The SMILES string of the molecule is NC(=O)c1cccc(CNC(=O)CNS(=O)(=O)c2ccc(C(=O)O)cc2)c1. The summed E-state index contributed by atoms with van der Waals surface area (Å²) in [6.45, 7) is -0.409. The first-order valence-corrected chi connectivity index (χ1v) is 9.16. The molecular weight excluding hydrogens is 374 g/mol. The van der Waals surface area contributed by atoms with Gasteiger partial charge in [-0.3, -0.25) is 9.59 Å². The smallest absolute Gasteiger partial charge is 0.335 e. The van der Waals surface area contributed by atoms with E-state index in [0.717, 1.165) is 24.3 Å². The first-order valence-electron chi connectivity index (χ1n) is 7.67. The van der Waals surface area contributed by atoms with Gasteiger partial charge in [0.2, 0.25) is 21.8 Å². The van der Waals surface area contributed by atoms with Crippen LogP contribution in [-0.4, -0.2) is 37.9 Å². The molecule has 5 N–H and O–H groups in total. The Morgan fingerprint density at radius 3 is 2.26 bits per heavy atom. The summed E-state index contributed by atoms with van der Waals surface area (Å²) in [6, 6.07) is 10.9. The van der Waals surface area contributed by atoms with Crippen LogP contribution in [-0.2, 0) is 21.4 Å². The molecule has 2 aromatic rings. The Hall–Kier alpha value is -3.24. The van der Waals surface area contributed by atoms with Gasteiger partial charge in [0.25, 0.3) is 0 Å². The molecule has 0 bridgehead atoms. The van der Waals surface area contributed by atoms with Crippen LogP contribution in [0.5, 0.6) is 0 Å². The van der Waals surface area contributed by atoms with Gasteiger partial charge >= 0.3 is 5.97 Å². The number of hydrogen-bond acceptors (Lipinski definition) is 5. The monoisotopic (exact) mass is 391 g/mol. The van der Waals surface area contributed by atoms with Gasteiger partial charge in [0.15, 0.2) is 0 Å². The number of carbonyl (C=O) groups is 3. The summed E-state index contributed by atoms with van der Waals surface area (Å²) in [5.41, 5.74) is 6.06. The van der Waals surface area contributed by atoms with Crippen LogP contribution in [0.15, 0.2) is 53.4 Å². The number of carboxylic acids is 1. The number of carbonyl (C=O) groups excluding carboxylic acids is 2. The molecular formula is C17H17N3O6S. The fourth-order valence-electron chi connectivity index (χ4n) is 2.12. The number of nitrogens with two attached hydrogens (primary N) is 1. The summed E-state index contributed by atoms with van der Waals surface area (Å²) in [7, 11) is -3.96. The predicted molar refractivity (Wildman–Crippen MR) is 95.4 cm³/mol. The third-order valence-corrected chi connectivity index (χ3v) is 4.95. The molecule has 0 heterocycles. The van der Waals surface area contributed by atoms with Crippen molar-refractivity contribution in [3.05, 3.63) is 65.2 Å². The maximum atomic E-state index is 12.1. The van der Waals surface area contributed by atoms with Crippen LogP contribution >= 0.6 is 0 Å². The third kappa shape index (κ3) is 5.62. The van der Waals surface area contributed by atoms with Gasteiger partial charge in [0.1, 0.15) is 0 Å². The molecule has 0 aromatic heterocycles. The van der Waals surface area contributed by atoms with E-state index < -0.39 is 34.4 Å². The summed E-state index contributed by atoms with van der Waals surface area (Å²) < 4.78 is 26.4. The lowest BCUT2D eigenvalue weighted by molar-refractivity contribution is -0.120. The van der Waals surface area contributed by atoms with Gasteiger partial charge in [-0.2, -0.15) is 0 Å². The molecule has 0 unspecified atom stereocenters. The van der Waals surface area contributed by atoms with Crippen LogP contribution < -0.4 is 15.8 Å². The molecule has 2 rings (SSSR count). The summed E-state index contributed by atoms with van der Waals surface area (Å²) >= 11 is 0. The highest BCUT2D eigenvalue weighted by molar-refractivity contribution is 7.89. The summed E-state index contributed by atoms with van der Waals surface area (Å²) in [5, 5.41) is 11.3. The van der Waals surface area contributed by atoms with Crippen molar-refractivity contribution in [2.75, 3.05) is 6.54 Å². The molecule has 0 radical (unpaired) electrons. The molecule has 0 aliphatic rings. The zero-order valence-corrected chi connectivity index (χ0v) is 14.8. The molecule has 27 heavy (non-hydrogen) atoms. The lowest BCUT2D eigenvalue weighted by Crippen LogP contribution is -2.36. The quantitative estimate of drug-likeness (QED) is 0.499. The number of carboxylic acid groups (broad SMARTS) is 1. The Labute approximate surface area is 155 Å². The van der Waals surface area contributed by atoms with Crippen LogP contribution in [0.25, 0.3) is 0 Å². The second kappa shape index (κ2) is 8.43. The van der Waals surface area contributed by atoms with E-state index in [-0.39, 0.29) is 17.0 Å². The van der Waals surface area contributed by atoms with E-state index in [1.807, 2.05) is 0 Å². The minimum absolute atomic E-state index is 0.0510. The number of hydrogen-bond donors (Lipinski definition) is 4. The van der Waals surface area contributed by atoms with Gasteiger partial charge in [-0.1, -0.05) is 12.1 Å². The van der Waals surface area contributed by atoms with E-state index in [1.165, 1.54) is 12.1 Å². The Morgan fingerprint density at radius 1 is 1.00 bits per heavy atom. The Kier molecular flexibility index (Phi) is 6.27. The largest absolute Gasteiger partial charge is 0.478 e. The van der Waals surface area contributed by atoms with Crippen molar-refractivity contribution in [3.8, 4) is 0 Å². The normalized spacial score (nSPS) is 11.0. The molecule has 0 saturated carbocycles. The fraction of sp³-hybridized carbons (Fsp3) is 0.118. The molecule has 10 heteroatoms. The molecule has 0 spiro atoms. The number of benzene rings is 2. The van der Waals surface area contributed by atoms with E-state index >= 15 is 0 Å². The van der Waals surface area contributed by atoms with E-state index in [1.54, 1.807) is 12.1 Å². The average Bonchev–Trinajstić information content (AvgIpc) is 2.65. The van der Waals surface area contributed by atoms with E-state index in [9.17, 15) is 22.8 Å². The second-order valence-electron chi connectivity index (χ2n) is 5.50. The molecule has 2 aromatic carbocycles. The number of amides is 2. The molecule has 142 valence electrons. The van der Waals surface area contributed by atoms with Gasteiger partial charge in [-0.15, -0.1) is 0 Å². The molecule has 0 saturated heterocycles. The molecule has 0 fully saturated rings. The number of primary amides is 1. The van der Waals surface area contributed by atoms with Crippen molar-refractivity contribution < 1.29 is 27.9 Å². The minimum atomic E-state index is -3.96. The van der Waals surface area contributed by atoms with Crippen molar-refractivity contribution >= 4 is 27.8 Å². The highest BCUT2D eigenvalue weighted by Gasteiger charge is 2.16. The molecule has 0 aliphatic heterocycles. The summed E-state index contributed by atoms with van der Waals surface area (Å²) in [5.74, 6) is -2.35. The number of aromatic carboxylic acids is 1. The molecule has 0 atom stereocenters. The fourth-order valence-corrected chi connectivity index (χ4v) is 3.10. The highest BCUT2D eigenvalue weighted by atomic mass is 32.2. The lowest BCUT2D eigenvalue weighted by Gasteiger charge is -2.09. The standard InChI is InChI=1S/C17H17N3O6S/c18-16(22)13-3-1-2-11(8-13)9-19-15(21)10-20-27(25,26)14-6-4-12(5-7-14)17(23)24/h1-8,20H,9-10H2,(H2,18,22)(H,19,21)(H,23,24). The van der Waals surface area contributed by atoms with Gasteiger partial charge in [-0.25, -0.2) is 17.9 Å². The second-order valence-corrected chi connectivity index (χ2v) is 7.26. The lowest BCUT2D eigenvalue weighted by atomic mass is 10.1. The molecule has 2 amide bonds. The molecule has 0 aliphatic carbocycles. The maximum absolute atomic E-state index is 12.1. The zero-order valence-electron chi connectivity index (χ0n) is 14.0. The number of nitrogens with one attached hydrogen (secondary N) is 2. The van der Waals surface area contributed by atoms with Crippen molar-refractivity contribution in [1.82, 2.24) is 10.0 Å². The summed E-state index contributed by atoms with van der Waals surface area (Å²) in [4.78, 5) is 33.6. The maximum Gasteiger partial charge on any atom is 0.335 e. The predicted octanol–water partition coefficient (Wildman–Crippen LogP) is 0.0784. The first-order chi connectivity index (χ1) is 12.7. The van der Waals surface area contributed by atoms with Gasteiger partial charge in [0.05, 0.1) is 17.0 Å². The Bertz CT molecular complexity index is 970. The number of sulfonamides is 1. The highest BCUT2D eigenvalue weighted by Crippen LogP contribution is 2.10. The van der Waals surface area contributed by atoms with Crippen LogP contribution in [0.2, 0.25) is 0 Å². The van der Waals surface area contributed by atoms with E-state index in [0.29, 0.717) is 11.1 Å². The van der Waals surface area contributed by atoms with Gasteiger partial charge in [0, 0.05) is 12.1 Å².